The lowest BCUT2D eigenvalue weighted by Crippen LogP contribution is -2.43. The topological polar surface area (TPSA) is 61.6 Å². The van der Waals surface area contributed by atoms with Gasteiger partial charge in [0.25, 0.3) is 0 Å². The van der Waals surface area contributed by atoms with Gasteiger partial charge in [-0.3, -0.25) is 0 Å². The molecule has 1 aromatic carbocycles. The van der Waals surface area contributed by atoms with Crippen LogP contribution in [0.2, 0.25) is 0 Å². The minimum Gasteiger partial charge on any atom is -0.459 e. The number of hydrogen-bond donors (Lipinski definition) is 1. The van der Waals surface area contributed by atoms with E-state index in [4.69, 9.17) is 15.2 Å². The van der Waals surface area contributed by atoms with E-state index in [1.807, 2.05) is 11.8 Å². The van der Waals surface area contributed by atoms with Crippen molar-refractivity contribution in [1.29, 1.82) is 0 Å². The highest BCUT2D eigenvalue weighted by molar-refractivity contribution is 7.99. The van der Waals surface area contributed by atoms with E-state index in [-0.39, 0.29) is 23.0 Å². The summed E-state index contributed by atoms with van der Waals surface area (Å²) in [5, 5.41) is 0. The average Bonchev–Trinajstić information content (AvgIpc) is 2.89. The maximum Gasteiger partial charge on any atom is 0.338 e. The molecule has 2 aliphatic rings. The zero-order valence-electron chi connectivity index (χ0n) is 11.6. The summed E-state index contributed by atoms with van der Waals surface area (Å²) in [5.41, 5.74) is 5.60. The molecule has 2 heterocycles. The van der Waals surface area contributed by atoms with Gasteiger partial charge in [-0.2, -0.15) is 11.8 Å². The van der Waals surface area contributed by atoms with Crippen molar-refractivity contribution < 1.29 is 18.7 Å². The zero-order chi connectivity index (χ0) is 14.9. The molecule has 1 aromatic rings. The number of ether oxygens (including phenoxy) is 2. The van der Waals surface area contributed by atoms with Crippen molar-refractivity contribution in [3.05, 3.63) is 29.6 Å². The van der Waals surface area contributed by atoms with Gasteiger partial charge < -0.3 is 15.2 Å². The molecule has 2 N–H and O–H groups in total. The summed E-state index contributed by atoms with van der Waals surface area (Å²) in [5.74, 6) is 1.08. The standard InChI is InChI=1S/C15H18FNO3S/c16-12-2-1-10(7-13(12)17)14(18)20-11-3-5-19-15(8-11)4-6-21-9-15/h1-2,7,11H,3-6,8-9,17H2. The van der Waals surface area contributed by atoms with Gasteiger partial charge in [-0.05, 0) is 30.4 Å². The number of nitrogens with two attached hydrogens (primary N) is 1. The molecule has 21 heavy (non-hydrogen) atoms. The number of anilines is 1. The molecule has 0 bridgehead atoms. The molecule has 114 valence electrons. The summed E-state index contributed by atoms with van der Waals surface area (Å²) in [6.07, 6.45) is 2.31. The molecule has 1 spiro atoms. The quantitative estimate of drug-likeness (QED) is 0.672. The molecule has 0 aliphatic carbocycles. The Bertz CT molecular complexity index is 546. The first-order chi connectivity index (χ1) is 10.1. The summed E-state index contributed by atoms with van der Waals surface area (Å²) in [6.45, 7) is 0.615. The van der Waals surface area contributed by atoms with Crippen LogP contribution in [0.1, 0.15) is 29.6 Å². The van der Waals surface area contributed by atoms with E-state index in [0.29, 0.717) is 13.0 Å². The van der Waals surface area contributed by atoms with Crippen LogP contribution < -0.4 is 5.73 Å². The first kappa shape index (κ1) is 14.7. The molecule has 2 unspecified atom stereocenters. The summed E-state index contributed by atoms with van der Waals surface area (Å²) in [6, 6.07) is 3.90. The van der Waals surface area contributed by atoms with Gasteiger partial charge in [0.2, 0.25) is 0 Å². The van der Waals surface area contributed by atoms with Crippen molar-refractivity contribution >= 4 is 23.4 Å². The minimum absolute atomic E-state index is 0.0416. The second-order valence-electron chi connectivity index (χ2n) is 5.59. The fourth-order valence-corrected chi connectivity index (χ4v) is 4.22. The number of benzene rings is 1. The highest BCUT2D eigenvalue weighted by atomic mass is 32.2. The van der Waals surface area contributed by atoms with Crippen LogP contribution in [-0.2, 0) is 9.47 Å². The van der Waals surface area contributed by atoms with E-state index < -0.39 is 11.8 Å². The molecule has 3 rings (SSSR count). The molecular formula is C15H18FNO3S. The van der Waals surface area contributed by atoms with E-state index >= 15 is 0 Å². The molecule has 2 fully saturated rings. The van der Waals surface area contributed by atoms with Gasteiger partial charge in [0, 0.05) is 18.6 Å². The van der Waals surface area contributed by atoms with Crippen LogP contribution in [-0.4, -0.2) is 35.8 Å². The van der Waals surface area contributed by atoms with E-state index in [9.17, 15) is 9.18 Å². The fraction of sp³-hybridized carbons (Fsp3) is 0.533. The second kappa shape index (κ2) is 5.85. The van der Waals surface area contributed by atoms with Crippen LogP contribution in [0.3, 0.4) is 0 Å². The zero-order valence-corrected chi connectivity index (χ0v) is 12.5. The van der Waals surface area contributed by atoms with Gasteiger partial charge in [0.1, 0.15) is 11.9 Å². The van der Waals surface area contributed by atoms with Crippen molar-refractivity contribution in [2.75, 3.05) is 23.8 Å². The molecule has 2 saturated heterocycles. The molecule has 2 atom stereocenters. The fourth-order valence-electron chi connectivity index (χ4n) is 2.84. The molecule has 0 amide bonds. The van der Waals surface area contributed by atoms with E-state index in [1.165, 1.54) is 18.2 Å². The van der Waals surface area contributed by atoms with Crippen molar-refractivity contribution in [1.82, 2.24) is 0 Å². The highest BCUT2D eigenvalue weighted by Gasteiger charge is 2.41. The number of esters is 1. The molecule has 6 heteroatoms. The van der Waals surface area contributed by atoms with Crippen LogP contribution in [0.5, 0.6) is 0 Å². The Kier molecular flexibility index (Phi) is 4.08. The number of thioether (sulfide) groups is 1. The summed E-state index contributed by atoms with van der Waals surface area (Å²) in [4.78, 5) is 12.1. The first-order valence-corrected chi connectivity index (χ1v) is 8.21. The smallest absolute Gasteiger partial charge is 0.338 e. The third-order valence-electron chi connectivity index (χ3n) is 4.02. The van der Waals surface area contributed by atoms with E-state index in [1.54, 1.807) is 0 Å². The van der Waals surface area contributed by atoms with Gasteiger partial charge in [-0.25, -0.2) is 9.18 Å². The Labute approximate surface area is 127 Å². The molecule has 4 nitrogen and oxygen atoms in total. The number of carbonyl (C=O) groups is 1. The van der Waals surface area contributed by atoms with Crippen molar-refractivity contribution in [3.8, 4) is 0 Å². The number of halogens is 1. The minimum atomic E-state index is -0.528. The van der Waals surface area contributed by atoms with Crippen molar-refractivity contribution in [2.24, 2.45) is 0 Å². The SMILES string of the molecule is Nc1cc(C(=O)OC2CCOC3(CCSC3)C2)ccc1F. The van der Waals surface area contributed by atoms with Gasteiger partial charge >= 0.3 is 5.97 Å². The Morgan fingerprint density at radius 1 is 1.52 bits per heavy atom. The molecular weight excluding hydrogens is 293 g/mol. The third-order valence-corrected chi connectivity index (χ3v) is 5.24. The van der Waals surface area contributed by atoms with Crippen LogP contribution in [0.25, 0.3) is 0 Å². The van der Waals surface area contributed by atoms with E-state index in [0.717, 1.165) is 24.3 Å². The summed E-state index contributed by atoms with van der Waals surface area (Å²) >= 11 is 1.88. The Hall–Kier alpha value is -1.27. The average molecular weight is 311 g/mol. The van der Waals surface area contributed by atoms with Crippen LogP contribution in [0, 0.1) is 5.82 Å². The maximum atomic E-state index is 13.1. The number of rotatable bonds is 2. The summed E-state index contributed by atoms with van der Waals surface area (Å²) < 4.78 is 24.6. The Morgan fingerprint density at radius 3 is 3.10 bits per heavy atom. The van der Waals surface area contributed by atoms with Gasteiger partial charge in [-0.15, -0.1) is 0 Å². The lowest BCUT2D eigenvalue weighted by Gasteiger charge is -2.37. The Morgan fingerprint density at radius 2 is 2.38 bits per heavy atom. The van der Waals surface area contributed by atoms with Gasteiger partial charge in [-0.1, -0.05) is 0 Å². The monoisotopic (exact) mass is 311 g/mol. The van der Waals surface area contributed by atoms with Crippen LogP contribution >= 0.6 is 11.8 Å². The van der Waals surface area contributed by atoms with E-state index in [2.05, 4.69) is 0 Å². The molecule has 2 aliphatic heterocycles. The Balaban J connectivity index is 1.65. The number of nitrogen functional groups attached to an aromatic ring is 1. The van der Waals surface area contributed by atoms with Crippen molar-refractivity contribution in [3.63, 3.8) is 0 Å². The lowest BCUT2D eigenvalue weighted by atomic mass is 9.91. The molecule has 0 saturated carbocycles. The predicted molar refractivity (Wildman–Crippen MR) is 79.9 cm³/mol. The summed E-state index contributed by atoms with van der Waals surface area (Å²) in [7, 11) is 0. The lowest BCUT2D eigenvalue weighted by molar-refractivity contribution is -0.106. The van der Waals surface area contributed by atoms with Gasteiger partial charge in [0.15, 0.2) is 0 Å². The third kappa shape index (κ3) is 3.16. The molecule has 0 aromatic heterocycles. The highest BCUT2D eigenvalue weighted by Crippen LogP contribution is 2.39. The molecule has 0 radical (unpaired) electrons. The second-order valence-corrected chi connectivity index (χ2v) is 6.70. The van der Waals surface area contributed by atoms with Gasteiger partial charge in [0.05, 0.1) is 23.5 Å². The number of hydrogen-bond acceptors (Lipinski definition) is 5. The largest absolute Gasteiger partial charge is 0.459 e. The number of carbonyl (C=O) groups excluding carboxylic acids is 1. The predicted octanol–water partition coefficient (Wildman–Crippen LogP) is 2.62. The normalized spacial score (nSPS) is 28.7. The maximum absolute atomic E-state index is 13.1. The van der Waals surface area contributed by atoms with Crippen molar-refractivity contribution in [2.45, 2.75) is 31.0 Å². The van der Waals surface area contributed by atoms with Crippen LogP contribution in [0.4, 0.5) is 10.1 Å². The first-order valence-electron chi connectivity index (χ1n) is 7.06. The van der Waals surface area contributed by atoms with Crippen LogP contribution in [0.15, 0.2) is 18.2 Å².